The number of carbonyl (C=O) groups is 3. The van der Waals surface area contributed by atoms with E-state index in [9.17, 15) is 14.4 Å². The van der Waals surface area contributed by atoms with Gasteiger partial charge in [0.25, 0.3) is 5.91 Å². The fourth-order valence-corrected chi connectivity index (χ4v) is 3.37. The molecule has 0 aromatic heterocycles. The molecule has 116 valence electrons. The Balaban J connectivity index is 1.61. The zero-order valence-electron chi connectivity index (χ0n) is 12.0. The minimum Gasteiger partial charge on any atom is -0.381 e. The van der Waals surface area contributed by atoms with Crippen LogP contribution in [0.5, 0.6) is 0 Å². The van der Waals surface area contributed by atoms with Crippen LogP contribution in [0.25, 0.3) is 0 Å². The SMILES string of the molecule is O=C(CN1C(=O)NC2(CCOCC2)C1=O)NC1CCCC1. The van der Waals surface area contributed by atoms with Crippen LogP contribution in [0.15, 0.2) is 0 Å². The molecule has 2 aliphatic heterocycles. The average molecular weight is 295 g/mol. The highest BCUT2D eigenvalue weighted by molar-refractivity contribution is 6.09. The van der Waals surface area contributed by atoms with Crippen LogP contribution >= 0.6 is 0 Å². The van der Waals surface area contributed by atoms with Crippen LogP contribution in [-0.4, -0.2) is 54.1 Å². The zero-order valence-corrected chi connectivity index (χ0v) is 12.0. The van der Waals surface area contributed by atoms with Crippen LogP contribution in [0, 0.1) is 0 Å². The van der Waals surface area contributed by atoms with E-state index in [2.05, 4.69) is 10.6 Å². The molecule has 3 rings (SSSR count). The van der Waals surface area contributed by atoms with Gasteiger partial charge in [-0.3, -0.25) is 14.5 Å². The van der Waals surface area contributed by atoms with Crippen LogP contribution in [0.2, 0.25) is 0 Å². The highest BCUT2D eigenvalue weighted by Crippen LogP contribution is 2.28. The van der Waals surface area contributed by atoms with Gasteiger partial charge in [-0.2, -0.15) is 0 Å². The van der Waals surface area contributed by atoms with E-state index in [0.717, 1.165) is 30.6 Å². The van der Waals surface area contributed by atoms with Crippen molar-refractivity contribution in [3.05, 3.63) is 0 Å². The number of amides is 4. The van der Waals surface area contributed by atoms with Crippen LogP contribution in [0.4, 0.5) is 4.79 Å². The maximum atomic E-state index is 12.5. The van der Waals surface area contributed by atoms with Crippen molar-refractivity contribution in [2.45, 2.75) is 50.1 Å². The van der Waals surface area contributed by atoms with Gasteiger partial charge >= 0.3 is 6.03 Å². The molecule has 1 saturated carbocycles. The second-order valence-corrected chi connectivity index (χ2v) is 6.06. The summed E-state index contributed by atoms with van der Waals surface area (Å²) in [6, 6.07) is -0.279. The summed E-state index contributed by atoms with van der Waals surface area (Å²) >= 11 is 0. The molecule has 3 fully saturated rings. The number of nitrogens with one attached hydrogen (secondary N) is 2. The molecule has 7 nitrogen and oxygen atoms in total. The fourth-order valence-electron chi connectivity index (χ4n) is 3.37. The molecule has 1 aliphatic carbocycles. The Bertz CT molecular complexity index is 453. The Labute approximate surface area is 123 Å². The summed E-state index contributed by atoms with van der Waals surface area (Å²) in [4.78, 5) is 37.5. The van der Waals surface area contributed by atoms with Gasteiger partial charge in [-0.05, 0) is 12.8 Å². The van der Waals surface area contributed by atoms with E-state index >= 15 is 0 Å². The maximum Gasteiger partial charge on any atom is 0.325 e. The summed E-state index contributed by atoms with van der Waals surface area (Å²) in [5.41, 5.74) is -0.858. The van der Waals surface area contributed by atoms with E-state index in [1.807, 2.05) is 0 Å². The van der Waals surface area contributed by atoms with E-state index in [1.54, 1.807) is 0 Å². The number of carbonyl (C=O) groups excluding carboxylic acids is 3. The first kappa shape index (κ1) is 14.3. The Hall–Kier alpha value is -1.63. The quantitative estimate of drug-likeness (QED) is 0.725. The van der Waals surface area contributed by atoms with Crippen LogP contribution in [0.1, 0.15) is 38.5 Å². The van der Waals surface area contributed by atoms with Crippen molar-refractivity contribution in [3.8, 4) is 0 Å². The van der Waals surface area contributed by atoms with Crippen molar-refractivity contribution >= 4 is 17.8 Å². The van der Waals surface area contributed by atoms with Crippen LogP contribution in [-0.2, 0) is 14.3 Å². The van der Waals surface area contributed by atoms with Crippen LogP contribution < -0.4 is 10.6 Å². The first-order chi connectivity index (χ1) is 10.1. The summed E-state index contributed by atoms with van der Waals surface area (Å²) < 4.78 is 5.24. The molecule has 2 N–H and O–H groups in total. The highest BCUT2D eigenvalue weighted by atomic mass is 16.5. The normalized spacial score (nSPS) is 25.4. The van der Waals surface area contributed by atoms with E-state index in [4.69, 9.17) is 4.74 Å². The lowest BCUT2D eigenvalue weighted by Crippen LogP contribution is -2.51. The van der Waals surface area contributed by atoms with Crippen LogP contribution in [0.3, 0.4) is 0 Å². The van der Waals surface area contributed by atoms with E-state index < -0.39 is 11.6 Å². The Morgan fingerprint density at radius 3 is 2.62 bits per heavy atom. The lowest BCUT2D eigenvalue weighted by molar-refractivity contribution is -0.137. The molecule has 21 heavy (non-hydrogen) atoms. The van der Waals surface area contributed by atoms with Gasteiger partial charge in [0.05, 0.1) is 0 Å². The van der Waals surface area contributed by atoms with Gasteiger partial charge in [-0.1, -0.05) is 12.8 Å². The first-order valence-electron chi connectivity index (χ1n) is 7.62. The van der Waals surface area contributed by atoms with Gasteiger partial charge in [-0.25, -0.2) is 4.79 Å². The monoisotopic (exact) mass is 295 g/mol. The van der Waals surface area contributed by atoms with Gasteiger partial charge in [0.2, 0.25) is 5.91 Å². The van der Waals surface area contributed by atoms with Crippen molar-refractivity contribution in [3.63, 3.8) is 0 Å². The second kappa shape index (κ2) is 5.63. The molecule has 2 saturated heterocycles. The van der Waals surface area contributed by atoms with Gasteiger partial charge in [0, 0.05) is 32.1 Å². The molecule has 7 heteroatoms. The topological polar surface area (TPSA) is 87.7 Å². The zero-order chi connectivity index (χ0) is 14.9. The number of hydrogen-bond donors (Lipinski definition) is 2. The predicted octanol–water partition coefficient (Wildman–Crippen LogP) is 0.146. The Kier molecular flexibility index (Phi) is 3.84. The Morgan fingerprint density at radius 1 is 1.29 bits per heavy atom. The third kappa shape index (κ3) is 2.74. The molecular weight excluding hydrogens is 274 g/mol. The summed E-state index contributed by atoms with van der Waals surface area (Å²) in [7, 11) is 0. The third-order valence-electron chi connectivity index (χ3n) is 4.61. The molecule has 3 aliphatic rings. The molecule has 0 unspecified atom stereocenters. The molecule has 0 aromatic carbocycles. The fraction of sp³-hybridized carbons (Fsp3) is 0.786. The Morgan fingerprint density at radius 2 is 1.95 bits per heavy atom. The predicted molar refractivity (Wildman–Crippen MR) is 73.4 cm³/mol. The molecule has 0 aromatic rings. The third-order valence-corrected chi connectivity index (χ3v) is 4.61. The molecule has 0 atom stereocenters. The first-order valence-corrected chi connectivity index (χ1v) is 7.62. The molecular formula is C14H21N3O4. The molecule has 2 heterocycles. The number of nitrogens with zero attached hydrogens (tertiary/aromatic N) is 1. The van der Waals surface area contributed by atoms with Crippen molar-refractivity contribution in [2.75, 3.05) is 19.8 Å². The number of imide groups is 1. The maximum absolute atomic E-state index is 12.5. The number of ether oxygens (including phenoxy) is 1. The molecule has 0 radical (unpaired) electrons. The number of hydrogen-bond acceptors (Lipinski definition) is 4. The van der Waals surface area contributed by atoms with Crippen molar-refractivity contribution in [1.82, 2.24) is 15.5 Å². The molecule has 0 bridgehead atoms. The van der Waals surface area contributed by atoms with Gasteiger partial charge in [-0.15, -0.1) is 0 Å². The van der Waals surface area contributed by atoms with E-state index in [-0.39, 0.29) is 24.4 Å². The molecule has 4 amide bonds. The number of urea groups is 1. The van der Waals surface area contributed by atoms with E-state index in [0.29, 0.717) is 26.1 Å². The van der Waals surface area contributed by atoms with Gasteiger partial charge < -0.3 is 15.4 Å². The minimum absolute atomic E-state index is 0.190. The van der Waals surface area contributed by atoms with Crippen molar-refractivity contribution < 1.29 is 19.1 Å². The molecule has 1 spiro atoms. The van der Waals surface area contributed by atoms with Gasteiger partial charge in [0.15, 0.2) is 0 Å². The second-order valence-electron chi connectivity index (χ2n) is 6.06. The summed E-state index contributed by atoms with van der Waals surface area (Å²) in [6.07, 6.45) is 5.14. The van der Waals surface area contributed by atoms with Crippen molar-refractivity contribution in [1.29, 1.82) is 0 Å². The van der Waals surface area contributed by atoms with Crippen molar-refractivity contribution in [2.24, 2.45) is 0 Å². The lowest BCUT2D eigenvalue weighted by Gasteiger charge is -2.30. The lowest BCUT2D eigenvalue weighted by atomic mass is 9.90. The highest BCUT2D eigenvalue weighted by Gasteiger charge is 2.52. The largest absolute Gasteiger partial charge is 0.381 e. The average Bonchev–Trinajstić information content (AvgIpc) is 3.04. The minimum atomic E-state index is -0.858. The smallest absolute Gasteiger partial charge is 0.325 e. The number of rotatable bonds is 3. The summed E-state index contributed by atoms with van der Waals surface area (Å²) in [5, 5.41) is 5.65. The standard InChI is InChI=1S/C14H21N3O4/c18-11(15-10-3-1-2-4-10)9-17-12(19)14(16-13(17)20)5-7-21-8-6-14/h10H,1-9H2,(H,15,18)(H,16,20). The van der Waals surface area contributed by atoms with E-state index in [1.165, 1.54) is 0 Å². The summed E-state index contributed by atoms with van der Waals surface area (Å²) in [5.74, 6) is -0.549. The summed E-state index contributed by atoms with van der Waals surface area (Å²) in [6.45, 7) is 0.714. The van der Waals surface area contributed by atoms with Gasteiger partial charge in [0.1, 0.15) is 12.1 Å².